The highest BCUT2D eigenvalue weighted by atomic mass is 16.5. The molecule has 2 aromatic heterocycles. The molecule has 1 saturated heterocycles. The van der Waals surface area contributed by atoms with Gasteiger partial charge in [0, 0.05) is 23.7 Å². The molecule has 0 saturated carbocycles. The third kappa shape index (κ3) is 2.53. The first-order valence-electron chi connectivity index (χ1n) is 7.31. The number of aromatic amines is 1. The highest BCUT2D eigenvalue weighted by molar-refractivity contribution is 6.06. The van der Waals surface area contributed by atoms with E-state index in [0.29, 0.717) is 31.1 Å². The number of pyridine rings is 1. The number of benzene rings is 1. The minimum atomic E-state index is -0.362. The lowest BCUT2D eigenvalue weighted by Crippen LogP contribution is -2.42. The fourth-order valence-electron chi connectivity index (χ4n) is 2.76. The van der Waals surface area contributed by atoms with Crippen LogP contribution in [0.4, 0.5) is 0 Å². The summed E-state index contributed by atoms with van der Waals surface area (Å²) in [6, 6.07) is 9.31. The van der Waals surface area contributed by atoms with Crippen molar-refractivity contribution >= 4 is 16.8 Å². The normalized spacial score (nSPS) is 18.3. The number of carbonyl (C=O) groups is 1. The van der Waals surface area contributed by atoms with Gasteiger partial charge in [-0.1, -0.05) is 17.3 Å². The quantitative estimate of drug-likeness (QED) is 0.757. The number of rotatable bonds is 2. The van der Waals surface area contributed by atoms with Gasteiger partial charge < -0.3 is 9.64 Å². The van der Waals surface area contributed by atoms with E-state index in [1.165, 1.54) is 0 Å². The van der Waals surface area contributed by atoms with Crippen molar-refractivity contribution in [2.45, 2.75) is 6.10 Å². The molecule has 1 unspecified atom stereocenters. The number of tetrazole rings is 1. The van der Waals surface area contributed by atoms with Crippen LogP contribution in [0.3, 0.4) is 0 Å². The van der Waals surface area contributed by atoms with Crippen molar-refractivity contribution in [2.75, 3.05) is 19.7 Å². The second-order valence-corrected chi connectivity index (χ2v) is 5.26. The molecule has 0 radical (unpaired) electrons. The highest BCUT2D eigenvalue weighted by Crippen LogP contribution is 2.23. The Morgan fingerprint density at radius 3 is 3.13 bits per heavy atom. The van der Waals surface area contributed by atoms with Crippen LogP contribution in [0.5, 0.6) is 0 Å². The average Bonchev–Trinajstić information content (AvgIpc) is 3.15. The molecule has 1 aliphatic rings. The molecule has 1 atom stereocenters. The lowest BCUT2D eigenvalue weighted by molar-refractivity contribution is -0.0267. The van der Waals surface area contributed by atoms with Gasteiger partial charge in [0.1, 0.15) is 6.10 Å². The lowest BCUT2D eigenvalue weighted by atomic mass is 10.1. The molecule has 23 heavy (non-hydrogen) atoms. The number of carbonyl (C=O) groups excluding carboxylic acids is 1. The van der Waals surface area contributed by atoms with Crippen molar-refractivity contribution in [1.29, 1.82) is 0 Å². The van der Waals surface area contributed by atoms with Crippen LogP contribution in [0.15, 0.2) is 36.5 Å². The monoisotopic (exact) mass is 310 g/mol. The SMILES string of the molecule is O=C(c1cccc2ncccc12)N1CCOC(c2nn[nH]n2)C1. The van der Waals surface area contributed by atoms with Crippen LogP contribution in [0.1, 0.15) is 22.3 Å². The van der Waals surface area contributed by atoms with Crippen molar-refractivity contribution < 1.29 is 9.53 Å². The first-order chi connectivity index (χ1) is 11.3. The van der Waals surface area contributed by atoms with Crippen LogP contribution in [-0.2, 0) is 4.74 Å². The van der Waals surface area contributed by atoms with Crippen LogP contribution in [-0.4, -0.2) is 56.1 Å². The summed E-state index contributed by atoms with van der Waals surface area (Å²) in [5.74, 6) is 0.419. The van der Waals surface area contributed by atoms with Gasteiger partial charge in [0.15, 0.2) is 0 Å². The van der Waals surface area contributed by atoms with Crippen molar-refractivity contribution in [1.82, 2.24) is 30.5 Å². The molecular formula is C15H14N6O2. The van der Waals surface area contributed by atoms with Crippen LogP contribution in [0, 0.1) is 0 Å². The summed E-state index contributed by atoms with van der Waals surface area (Å²) in [5.41, 5.74) is 1.45. The summed E-state index contributed by atoms with van der Waals surface area (Å²) >= 11 is 0. The van der Waals surface area contributed by atoms with Gasteiger partial charge in [0.05, 0.1) is 18.7 Å². The smallest absolute Gasteiger partial charge is 0.254 e. The minimum Gasteiger partial charge on any atom is -0.366 e. The van der Waals surface area contributed by atoms with E-state index >= 15 is 0 Å². The number of nitrogens with zero attached hydrogens (tertiary/aromatic N) is 5. The van der Waals surface area contributed by atoms with Crippen molar-refractivity contribution in [3.63, 3.8) is 0 Å². The van der Waals surface area contributed by atoms with E-state index in [1.807, 2.05) is 30.3 Å². The minimum absolute atomic E-state index is 0.0413. The number of aromatic nitrogens is 5. The van der Waals surface area contributed by atoms with E-state index in [0.717, 1.165) is 10.9 Å². The summed E-state index contributed by atoms with van der Waals surface area (Å²) in [7, 11) is 0. The summed E-state index contributed by atoms with van der Waals surface area (Å²) in [4.78, 5) is 19.0. The Morgan fingerprint density at radius 1 is 1.30 bits per heavy atom. The number of nitrogens with one attached hydrogen (secondary N) is 1. The van der Waals surface area contributed by atoms with Gasteiger partial charge in [0.25, 0.3) is 5.91 Å². The molecule has 8 nitrogen and oxygen atoms in total. The van der Waals surface area contributed by atoms with Gasteiger partial charge in [-0.3, -0.25) is 9.78 Å². The first-order valence-corrected chi connectivity index (χ1v) is 7.31. The predicted molar refractivity (Wildman–Crippen MR) is 80.5 cm³/mol. The zero-order valence-corrected chi connectivity index (χ0v) is 12.2. The Bertz CT molecular complexity index is 830. The Morgan fingerprint density at radius 2 is 2.26 bits per heavy atom. The molecule has 1 N–H and O–H groups in total. The number of amides is 1. The molecule has 1 aliphatic heterocycles. The maximum Gasteiger partial charge on any atom is 0.254 e. The van der Waals surface area contributed by atoms with Gasteiger partial charge in [-0.2, -0.15) is 5.21 Å². The van der Waals surface area contributed by atoms with E-state index in [1.54, 1.807) is 11.1 Å². The molecule has 0 bridgehead atoms. The fraction of sp³-hybridized carbons (Fsp3) is 0.267. The van der Waals surface area contributed by atoms with E-state index in [4.69, 9.17) is 4.74 Å². The molecule has 3 heterocycles. The molecule has 4 rings (SSSR count). The molecule has 0 aliphatic carbocycles. The Labute approximate surface area is 131 Å². The first kappa shape index (κ1) is 13.8. The maximum atomic E-state index is 12.9. The Hall–Kier alpha value is -2.87. The topological polar surface area (TPSA) is 96.9 Å². The molecule has 8 heteroatoms. The number of morpholine rings is 1. The van der Waals surface area contributed by atoms with E-state index < -0.39 is 0 Å². The summed E-state index contributed by atoms with van der Waals surface area (Å²) in [5, 5.41) is 14.7. The maximum absolute atomic E-state index is 12.9. The number of ether oxygens (including phenoxy) is 1. The van der Waals surface area contributed by atoms with E-state index in [2.05, 4.69) is 25.6 Å². The molecule has 1 fully saturated rings. The largest absolute Gasteiger partial charge is 0.366 e. The third-order valence-corrected chi connectivity index (χ3v) is 3.88. The van der Waals surface area contributed by atoms with Gasteiger partial charge in [-0.05, 0) is 18.2 Å². The third-order valence-electron chi connectivity index (χ3n) is 3.88. The molecule has 116 valence electrons. The second-order valence-electron chi connectivity index (χ2n) is 5.26. The van der Waals surface area contributed by atoms with Gasteiger partial charge >= 0.3 is 0 Å². The van der Waals surface area contributed by atoms with E-state index in [9.17, 15) is 4.79 Å². The second kappa shape index (κ2) is 5.73. The van der Waals surface area contributed by atoms with Gasteiger partial charge in [-0.15, -0.1) is 10.2 Å². The van der Waals surface area contributed by atoms with Crippen LogP contribution in [0.25, 0.3) is 10.9 Å². The summed E-state index contributed by atoms with van der Waals surface area (Å²) < 4.78 is 5.63. The summed E-state index contributed by atoms with van der Waals surface area (Å²) in [6.45, 7) is 1.37. The van der Waals surface area contributed by atoms with Crippen LogP contribution < -0.4 is 0 Å². The van der Waals surface area contributed by atoms with Crippen molar-refractivity contribution in [3.05, 3.63) is 47.9 Å². The number of H-pyrrole nitrogens is 1. The lowest BCUT2D eigenvalue weighted by Gasteiger charge is -2.31. The fourth-order valence-corrected chi connectivity index (χ4v) is 2.76. The van der Waals surface area contributed by atoms with E-state index in [-0.39, 0.29) is 12.0 Å². The molecule has 3 aromatic rings. The van der Waals surface area contributed by atoms with Crippen molar-refractivity contribution in [3.8, 4) is 0 Å². The Kier molecular flexibility index (Phi) is 3.43. The number of hydrogen-bond donors (Lipinski definition) is 1. The molecule has 0 spiro atoms. The highest BCUT2D eigenvalue weighted by Gasteiger charge is 2.29. The molecule has 1 aromatic carbocycles. The van der Waals surface area contributed by atoms with Gasteiger partial charge in [-0.25, -0.2) is 0 Å². The van der Waals surface area contributed by atoms with Crippen molar-refractivity contribution in [2.24, 2.45) is 0 Å². The Balaban J connectivity index is 1.63. The molecule has 1 amide bonds. The summed E-state index contributed by atoms with van der Waals surface area (Å²) in [6.07, 6.45) is 1.36. The van der Waals surface area contributed by atoms with Crippen LogP contribution >= 0.6 is 0 Å². The number of fused-ring (bicyclic) bond motifs is 1. The number of hydrogen-bond acceptors (Lipinski definition) is 6. The zero-order chi connectivity index (χ0) is 15.6. The van der Waals surface area contributed by atoms with Gasteiger partial charge in [0.2, 0.25) is 5.82 Å². The molecular weight excluding hydrogens is 296 g/mol. The van der Waals surface area contributed by atoms with Crippen LogP contribution in [0.2, 0.25) is 0 Å². The average molecular weight is 310 g/mol. The zero-order valence-electron chi connectivity index (χ0n) is 12.2. The standard InChI is InChI=1S/C15H14N6O2/c22-15(11-3-1-5-12-10(11)4-2-6-16-12)21-7-8-23-13(9-21)14-17-19-20-18-14/h1-6,13H,7-9H2,(H,17,18,19,20). The predicted octanol–water partition coefficient (Wildman–Crippen LogP) is 0.962.